The predicted molar refractivity (Wildman–Crippen MR) is 87.8 cm³/mol. The van der Waals surface area contributed by atoms with E-state index in [0.717, 1.165) is 5.56 Å². The molecule has 1 heterocycles. The van der Waals surface area contributed by atoms with Gasteiger partial charge in [-0.25, -0.2) is 0 Å². The number of nitrogens with zero attached hydrogens (tertiary/aromatic N) is 1. The van der Waals surface area contributed by atoms with Gasteiger partial charge in [-0.05, 0) is 11.1 Å². The van der Waals surface area contributed by atoms with Crippen molar-refractivity contribution >= 4 is 11.7 Å². The van der Waals surface area contributed by atoms with Gasteiger partial charge in [0.15, 0.2) is 5.82 Å². The van der Waals surface area contributed by atoms with Crippen LogP contribution in [0.5, 0.6) is 0 Å². The van der Waals surface area contributed by atoms with Crippen LogP contribution in [0, 0.1) is 0 Å². The van der Waals surface area contributed by atoms with E-state index in [1.165, 1.54) is 12.1 Å². The minimum atomic E-state index is -4.61. The van der Waals surface area contributed by atoms with Gasteiger partial charge in [0.25, 0.3) is 0 Å². The Morgan fingerprint density at radius 1 is 1.00 bits per heavy atom. The average Bonchev–Trinajstić information content (AvgIpc) is 3.00. The van der Waals surface area contributed by atoms with Gasteiger partial charge in [0, 0.05) is 0 Å². The topological polar surface area (TPSA) is 57.8 Å². The number of anilines is 1. The average molecular weight is 345 g/mol. The molecule has 2 N–H and O–H groups in total. The summed E-state index contributed by atoms with van der Waals surface area (Å²) in [5.41, 5.74) is -0.0883. The number of carbonyl (C=O) groups excluding carboxylic acids is 1. The van der Waals surface area contributed by atoms with Crippen LogP contribution >= 0.6 is 0 Å². The van der Waals surface area contributed by atoms with E-state index in [1.54, 1.807) is 42.5 Å². The molecule has 0 radical (unpaired) electrons. The molecule has 0 saturated heterocycles. The predicted octanol–water partition coefficient (Wildman–Crippen LogP) is 4.28. The molecule has 0 spiro atoms. The molecular weight excluding hydrogens is 331 g/mol. The highest BCUT2D eigenvalue weighted by atomic mass is 19.4. The molecule has 7 heteroatoms. The van der Waals surface area contributed by atoms with Crippen LogP contribution in [0.4, 0.5) is 19.0 Å². The number of H-pyrrole nitrogens is 1. The Kier molecular flexibility index (Phi) is 4.56. The van der Waals surface area contributed by atoms with Crippen molar-refractivity contribution < 1.29 is 18.0 Å². The van der Waals surface area contributed by atoms with Gasteiger partial charge in [0.05, 0.1) is 12.0 Å². The zero-order valence-electron chi connectivity index (χ0n) is 13.0. The summed E-state index contributed by atoms with van der Waals surface area (Å²) in [6.45, 7) is 0. The second-order valence-corrected chi connectivity index (χ2v) is 5.40. The van der Waals surface area contributed by atoms with Crippen molar-refractivity contribution in [3.05, 3.63) is 71.9 Å². The summed E-state index contributed by atoms with van der Waals surface area (Å²) in [5.74, 6) is -0.580. The summed E-state index contributed by atoms with van der Waals surface area (Å²) in [6.07, 6.45) is -4.57. The zero-order chi connectivity index (χ0) is 17.9. The Morgan fingerprint density at radius 2 is 1.60 bits per heavy atom. The van der Waals surface area contributed by atoms with E-state index in [-0.39, 0.29) is 17.8 Å². The quantitative estimate of drug-likeness (QED) is 0.742. The molecule has 0 unspecified atom stereocenters. The third-order valence-electron chi connectivity index (χ3n) is 3.58. The largest absolute Gasteiger partial charge is 0.433 e. The van der Waals surface area contributed by atoms with Crippen molar-refractivity contribution in [2.75, 3.05) is 5.32 Å². The molecule has 0 aliphatic heterocycles. The number of hydrogen-bond acceptors (Lipinski definition) is 2. The number of benzene rings is 2. The number of hydrogen-bond donors (Lipinski definition) is 2. The van der Waals surface area contributed by atoms with Crippen LogP contribution in [0.25, 0.3) is 11.1 Å². The molecule has 0 bridgehead atoms. The van der Waals surface area contributed by atoms with E-state index in [9.17, 15) is 18.0 Å². The highest BCUT2D eigenvalue weighted by Gasteiger charge is 2.38. The molecule has 0 fully saturated rings. The highest BCUT2D eigenvalue weighted by Crippen LogP contribution is 2.39. The second-order valence-electron chi connectivity index (χ2n) is 5.40. The van der Waals surface area contributed by atoms with E-state index >= 15 is 0 Å². The van der Waals surface area contributed by atoms with Gasteiger partial charge in [0.2, 0.25) is 5.91 Å². The van der Waals surface area contributed by atoms with Gasteiger partial charge in [0.1, 0.15) is 5.69 Å². The fourth-order valence-corrected chi connectivity index (χ4v) is 2.48. The lowest BCUT2D eigenvalue weighted by molar-refractivity contribution is -0.140. The molecule has 0 atom stereocenters. The van der Waals surface area contributed by atoms with E-state index in [1.807, 2.05) is 11.2 Å². The molecule has 1 amide bonds. The number of amides is 1. The van der Waals surface area contributed by atoms with Crippen molar-refractivity contribution in [1.82, 2.24) is 10.2 Å². The molecule has 4 nitrogen and oxygen atoms in total. The number of alkyl halides is 3. The first-order valence-electron chi connectivity index (χ1n) is 7.50. The van der Waals surface area contributed by atoms with Gasteiger partial charge >= 0.3 is 6.18 Å². The molecule has 2 aromatic carbocycles. The maximum atomic E-state index is 13.2. The Bertz CT molecular complexity index is 858. The molecular formula is C18H14F3N3O. The summed E-state index contributed by atoms with van der Waals surface area (Å²) in [6, 6.07) is 16.9. The molecule has 25 heavy (non-hydrogen) atoms. The van der Waals surface area contributed by atoms with Crippen molar-refractivity contribution in [3.8, 4) is 11.1 Å². The smallest absolute Gasteiger partial charge is 0.308 e. The lowest BCUT2D eigenvalue weighted by atomic mass is 10.0. The monoisotopic (exact) mass is 345 g/mol. The van der Waals surface area contributed by atoms with E-state index < -0.39 is 17.8 Å². The van der Waals surface area contributed by atoms with Gasteiger partial charge in [-0.15, -0.1) is 0 Å². The lowest BCUT2D eigenvalue weighted by Crippen LogP contribution is -2.15. The summed E-state index contributed by atoms with van der Waals surface area (Å²) in [5, 5.41) is 8.12. The number of nitrogens with one attached hydrogen (secondary N) is 2. The number of halogens is 3. The zero-order valence-corrected chi connectivity index (χ0v) is 13.0. The van der Waals surface area contributed by atoms with Crippen molar-refractivity contribution in [1.29, 1.82) is 0 Å². The van der Waals surface area contributed by atoms with Crippen LogP contribution in [-0.4, -0.2) is 16.1 Å². The fraction of sp³-hybridized carbons (Fsp3) is 0.111. The minimum Gasteiger partial charge on any atom is -0.308 e. The summed E-state index contributed by atoms with van der Waals surface area (Å²) >= 11 is 0. The van der Waals surface area contributed by atoms with Crippen molar-refractivity contribution in [2.24, 2.45) is 0 Å². The maximum absolute atomic E-state index is 13.2. The Balaban J connectivity index is 1.91. The standard InChI is InChI=1S/C18H14F3N3O/c19-18(20,21)16-15(13-9-5-2-6-10-13)17(24-23-16)22-14(25)11-12-7-3-1-4-8-12/h1-10H,11H2,(H2,22,23,24,25). The van der Waals surface area contributed by atoms with E-state index in [0.29, 0.717) is 5.56 Å². The van der Waals surface area contributed by atoms with Crippen LogP contribution in [0.1, 0.15) is 11.3 Å². The Morgan fingerprint density at radius 3 is 2.20 bits per heavy atom. The minimum absolute atomic E-state index is 0.0449. The van der Waals surface area contributed by atoms with E-state index in [4.69, 9.17) is 0 Å². The first-order chi connectivity index (χ1) is 11.9. The molecule has 128 valence electrons. The molecule has 3 rings (SSSR count). The van der Waals surface area contributed by atoms with E-state index in [2.05, 4.69) is 10.4 Å². The summed E-state index contributed by atoms with van der Waals surface area (Å²) < 4.78 is 39.7. The maximum Gasteiger partial charge on any atom is 0.433 e. The SMILES string of the molecule is O=C(Cc1ccccc1)Nc1n[nH]c(C(F)(F)F)c1-c1ccccc1. The van der Waals surface area contributed by atoms with Gasteiger partial charge in [-0.1, -0.05) is 60.7 Å². The third-order valence-corrected chi connectivity index (χ3v) is 3.58. The van der Waals surface area contributed by atoms with Gasteiger partial charge in [-0.3, -0.25) is 9.89 Å². The molecule has 0 saturated carbocycles. The first kappa shape index (κ1) is 16.8. The highest BCUT2D eigenvalue weighted by molar-refractivity contribution is 5.95. The Labute approximate surface area is 141 Å². The summed E-state index contributed by atoms with van der Waals surface area (Å²) in [7, 11) is 0. The van der Waals surface area contributed by atoms with Crippen LogP contribution in [-0.2, 0) is 17.4 Å². The van der Waals surface area contributed by atoms with Gasteiger partial charge < -0.3 is 5.32 Å². The van der Waals surface area contributed by atoms with Crippen molar-refractivity contribution in [3.63, 3.8) is 0 Å². The number of aromatic nitrogens is 2. The van der Waals surface area contributed by atoms with Gasteiger partial charge in [-0.2, -0.15) is 18.3 Å². The number of aromatic amines is 1. The van der Waals surface area contributed by atoms with Crippen LogP contribution in [0.2, 0.25) is 0 Å². The Hall–Kier alpha value is -3.09. The normalized spacial score (nSPS) is 11.3. The first-order valence-corrected chi connectivity index (χ1v) is 7.50. The van der Waals surface area contributed by atoms with Crippen molar-refractivity contribution in [2.45, 2.75) is 12.6 Å². The molecule has 0 aliphatic carbocycles. The second kappa shape index (κ2) is 6.80. The molecule has 3 aromatic rings. The number of carbonyl (C=O) groups is 1. The van der Waals surface area contributed by atoms with Crippen LogP contribution in [0.15, 0.2) is 60.7 Å². The lowest BCUT2D eigenvalue weighted by Gasteiger charge is -2.09. The third kappa shape index (κ3) is 3.88. The molecule has 0 aliphatic rings. The number of rotatable bonds is 4. The van der Waals surface area contributed by atoms with Crippen LogP contribution < -0.4 is 5.32 Å². The fourth-order valence-electron chi connectivity index (χ4n) is 2.48. The van der Waals surface area contributed by atoms with Crippen LogP contribution in [0.3, 0.4) is 0 Å². The molecule has 1 aromatic heterocycles. The summed E-state index contributed by atoms with van der Waals surface area (Å²) in [4.78, 5) is 12.2.